The largest absolute Gasteiger partial charge is 0.352 e. The summed E-state index contributed by atoms with van der Waals surface area (Å²) in [6.45, 7) is 3.36. The number of amides is 1. The minimum Gasteiger partial charge on any atom is -0.352 e. The van der Waals surface area contributed by atoms with Gasteiger partial charge in [-0.25, -0.2) is 13.4 Å². The second kappa shape index (κ2) is 8.71. The lowest BCUT2D eigenvalue weighted by Crippen LogP contribution is -2.41. The van der Waals surface area contributed by atoms with Crippen LogP contribution < -0.4 is 5.32 Å². The van der Waals surface area contributed by atoms with Crippen molar-refractivity contribution in [2.45, 2.75) is 61.4 Å². The Kier molecular flexibility index (Phi) is 6.58. The Balaban J connectivity index is 1.52. The van der Waals surface area contributed by atoms with Gasteiger partial charge in [0.05, 0.1) is 10.8 Å². The molecule has 1 aromatic heterocycles. The third kappa shape index (κ3) is 4.78. The monoisotopic (exact) mass is 397 g/mol. The number of thioether (sulfide) groups is 1. The standard InChI is InChI=1S/C18H27N3O3S2/c1-14-6-2-3-7-16(14)20-17(22)13-25-18-9-8-15(12-19-18)26(23,24)21-10-4-5-11-21/h8-9,12,14,16H,2-7,10-11,13H2,1H3,(H,20,22)/t14-,16+/m1/s1. The van der Waals surface area contributed by atoms with E-state index < -0.39 is 10.0 Å². The van der Waals surface area contributed by atoms with E-state index in [9.17, 15) is 13.2 Å². The number of nitrogens with one attached hydrogen (secondary N) is 1. The number of nitrogens with zero attached hydrogens (tertiary/aromatic N) is 2. The zero-order chi connectivity index (χ0) is 18.6. The first-order valence-electron chi connectivity index (χ1n) is 9.35. The molecule has 1 aliphatic heterocycles. The van der Waals surface area contributed by atoms with E-state index in [1.807, 2.05) is 0 Å². The molecule has 0 bridgehead atoms. The molecule has 0 radical (unpaired) electrons. The summed E-state index contributed by atoms with van der Waals surface area (Å²) in [5, 5.41) is 3.79. The van der Waals surface area contributed by atoms with Gasteiger partial charge in [0, 0.05) is 25.3 Å². The average Bonchev–Trinajstić information content (AvgIpc) is 3.18. The Labute approximate surface area is 160 Å². The van der Waals surface area contributed by atoms with Crippen molar-refractivity contribution in [1.29, 1.82) is 0 Å². The van der Waals surface area contributed by atoms with E-state index in [0.717, 1.165) is 19.3 Å². The minimum atomic E-state index is -3.43. The summed E-state index contributed by atoms with van der Waals surface area (Å²) in [6.07, 6.45) is 7.88. The van der Waals surface area contributed by atoms with Crippen molar-refractivity contribution in [2.24, 2.45) is 5.92 Å². The minimum absolute atomic E-state index is 0.0179. The first-order valence-corrected chi connectivity index (χ1v) is 11.8. The van der Waals surface area contributed by atoms with Gasteiger partial charge >= 0.3 is 0 Å². The van der Waals surface area contributed by atoms with Crippen LogP contribution in [-0.4, -0.2) is 48.5 Å². The van der Waals surface area contributed by atoms with Crippen molar-refractivity contribution >= 4 is 27.7 Å². The van der Waals surface area contributed by atoms with Crippen LogP contribution in [0, 0.1) is 5.92 Å². The summed E-state index contributed by atoms with van der Waals surface area (Å²) in [6, 6.07) is 3.55. The van der Waals surface area contributed by atoms with Crippen LogP contribution in [0.5, 0.6) is 0 Å². The molecule has 0 spiro atoms. The van der Waals surface area contributed by atoms with Gasteiger partial charge in [0.15, 0.2) is 0 Å². The van der Waals surface area contributed by atoms with Gasteiger partial charge in [0.2, 0.25) is 15.9 Å². The normalized spacial score (nSPS) is 24.5. The SMILES string of the molecule is C[C@@H]1CCCC[C@@H]1NC(=O)CSc1ccc(S(=O)(=O)N2CCCC2)cn1. The van der Waals surface area contributed by atoms with E-state index >= 15 is 0 Å². The molecule has 3 rings (SSSR count). The molecule has 2 heterocycles. The fourth-order valence-electron chi connectivity index (χ4n) is 3.60. The molecule has 2 atom stereocenters. The highest BCUT2D eigenvalue weighted by Gasteiger charge is 2.27. The van der Waals surface area contributed by atoms with Gasteiger partial charge in [-0.15, -0.1) is 0 Å². The molecular formula is C18H27N3O3S2. The van der Waals surface area contributed by atoms with Crippen molar-refractivity contribution in [3.63, 3.8) is 0 Å². The topological polar surface area (TPSA) is 79.4 Å². The lowest BCUT2D eigenvalue weighted by Gasteiger charge is -2.29. The molecule has 1 saturated heterocycles. The summed E-state index contributed by atoms with van der Waals surface area (Å²) in [4.78, 5) is 16.6. The molecule has 1 saturated carbocycles. The van der Waals surface area contributed by atoms with E-state index in [0.29, 0.717) is 29.8 Å². The number of hydrogen-bond acceptors (Lipinski definition) is 5. The van der Waals surface area contributed by atoms with Crippen LogP contribution in [0.25, 0.3) is 0 Å². The molecule has 1 aliphatic carbocycles. The number of pyridine rings is 1. The smallest absolute Gasteiger partial charge is 0.244 e. The number of aromatic nitrogens is 1. The molecule has 0 unspecified atom stereocenters. The lowest BCUT2D eigenvalue weighted by atomic mass is 9.86. The van der Waals surface area contributed by atoms with Gasteiger partial charge in [0.25, 0.3) is 0 Å². The number of hydrogen-bond donors (Lipinski definition) is 1. The quantitative estimate of drug-likeness (QED) is 0.747. The van der Waals surface area contributed by atoms with Gasteiger partial charge in [-0.3, -0.25) is 4.79 Å². The molecule has 1 aromatic rings. The molecule has 8 heteroatoms. The number of carbonyl (C=O) groups excluding carboxylic acids is 1. The highest BCUT2D eigenvalue weighted by atomic mass is 32.2. The van der Waals surface area contributed by atoms with E-state index in [2.05, 4.69) is 17.2 Å². The molecular weight excluding hydrogens is 370 g/mol. The van der Waals surface area contributed by atoms with Crippen molar-refractivity contribution < 1.29 is 13.2 Å². The summed E-state index contributed by atoms with van der Waals surface area (Å²) in [7, 11) is -3.43. The molecule has 2 aliphatic rings. The fourth-order valence-corrected chi connectivity index (χ4v) is 5.72. The Bertz CT molecular complexity index is 716. The van der Waals surface area contributed by atoms with E-state index in [-0.39, 0.29) is 16.8 Å². The zero-order valence-corrected chi connectivity index (χ0v) is 16.8. The van der Waals surface area contributed by atoms with Gasteiger partial charge in [-0.1, -0.05) is 31.5 Å². The molecule has 26 heavy (non-hydrogen) atoms. The number of rotatable bonds is 6. The van der Waals surface area contributed by atoms with Crippen molar-refractivity contribution in [3.8, 4) is 0 Å². The van der Waals surface area contributed by atoms with Crippen LogP contribution in [-0.2, 0) is 14.8 Å². The van der Waals surface area contributed by atoms with Gasteiger partial charge in [-0.2, -0.15) is 4.31 Å². The Morgan fingerprint density at radius 1 is 1.23 bits per heavy atom. The number of carbonyl (C=O) groups is 1. The van der Waals surface area contributed by atoms with E-state index in [4.69, 9.17) is 0 Å². The number of sulfonamides is 1. The van der Waals surface area contributed by atoms with E-state index in [1.165, 1.54) is 41.5 Å². The Morgan fingerprint density at radius 3 is 2.62 bits per heavy atom. The predicted octanol–water partition coefficient (Wildman–Crippen LogP) is 2.65. The second-order valence-electron chi connectivity index (χ2n) is 7.17. The predicted molar refractivity (Wildman–Crippen MR) is 103 cm³/mol. The summed E-state index contributed by atoms with van der Waals surface area (Å²) in [5.41, 5.74) is 0. The molecule has 1 N–H and O–H groups in total. The summed E-state index contributed by atoms with van der Waals surface area (Å²) < 4.78 is 26.5. The molecule has 0 aromatic carbocycles. The Morgan fingerprint density at radius 2 is 1.96 bits per heavy atom. The summed E-state index contributed by atoms with van der Waals surface area (Å²) >= 11 is 1.34. The summed E-state index contributed by atoms with van der Waals surface area (Å²) in [5.74, 6) is 0.851. The van der Waals surface area contributed by atoms with E-state index in [1.54, 1.807) is 12.1 Å². The fraction of sp³-hybridized carbons (Fsp3) is 0.667. The van der Waals surface area contributed by atoms with Crippen molar-refractivity contribution in [3.05, 3.63) is 18.3 Å². The lowest BCUT2D eigenvalue weighted by molar-refractivity contribution is -0.119. The molecule has 144 valence electrons. The molecule has 1 amide bonds. The van der Waals surface area contributed by atoms with Crippen LogP contribution >= 0.6 is 11.8 Å². The van der Waals surface area contributed by atoms with Crippen LogP contribution in [0.2, 0.25) is 0 Å². The molecule has 2 fully saturated rings. The van der Waals surface area contributed by atoms with Gasteiger partial charge in [0.1, 0.15) is 4.90 Å². The maximum atomic E-state index is 12.5. The van der Waals surface area contributed by atoms with Crippen LogP contribution in [0.4, 0.5) is 0 Å². The van der Waals surface area contributed by atoms with Gasteiger partial charge < -0.3 is 5.32 Å². The van der Waals surface area contributed by atoms with Gasteiger partial charge in [-0.05, 0) is 43.7 Å². The van der Waals surface area contributed by atoms with Crippen molar-refractivity contribution in [1.82, 2.24) is 14.6 Å². The van der Waals surface area contributed by atoms with Crippen LogP contribution in [0.15, 0.2) is 28.3 Å². The maximum absolute atomic E-state index is 12.5. The second-order valence-corrected chi connectivity index (χ2v) is 10.1. The molecule has 6 nitrogen and oxygen atoms in total. The highest BCUT2D eigenvalue weighted by molar-refractivity contribution is 7.99. The third-order valence-electron chi connectivity index (χ3n) is 5.22. The zero-order valence-electron chi connectivity index (χ0n) is 15.2. The van der Waals surface area contributed by atoms with Crippen LogP contribution in [0.1, 0.15) is 45.4 Å². The first-order chi connectivity index (χ1) is 12.5. The van der Waals surface area contributed by atoms with Crippen LogP contribution in [0.3, 0.4) is 0 Å². The maximum Gasteiger partial charge on any atom is 0.244 e. The first kappa shape index (κ1) is 19.6. The third-order valence-corrected chi connectivity index (χ3v) is 8.05. The highest BCUT2D eigenvalue weighted by Crippen LogP contribution is 2.25. The Hall–Kier alpha value is -1.12. The average molecular weight is 398 g/mol. The van der Waals surface area contributed by atoms with Crippen molar-refractivity contribution in [2.75, 3.05) is 18.8 Å².